The molecule has 15 heavy (non-hydrogen) atoms. The van der Waals surface area contributed by atoms with Gasteiger partial charge in [0.15, 0.2) is 0 Å². The Hall–Kier alpha value is -0.150. The fraction of sp³-hybridized carbons (Fsp3) is 0.333. The molecule has 0 amide bonds. The Morgan fingerprint density at radius 2 is 2.13 bits per heavy atom. The summed E-state index contributed by atoms with van der Waals surface area (Å²) >= 11 is 6.74. The Labute approximate surface area is 107 Å². The van der Waals surface area contributed by atoms with E-state index in [0.717, 1.165) is 21.8 Å². The molecule has 3 heteroatoms. The van der Waals surface area contributed by atoms with Crippen molar-refractivity contribution in [1.82, 2.24) is 0 Å². The molecular weight excluding hydrogens is 323 g/mol. The second-order valence-corrected chi connectivity index (χ2v) is 5.42. The van der Waals surface area contributed by atoms with Crippen molar-refractivity contribution in [3.05, 3.63) is 46.7 Å². The molecule has 0 bridgehead atoms. The highest BCUT2D eigenvalue weighted by atomic mass is 79.9. The van der Waals surface area contributed by atoms with E-state index in [1.165, 1.54) is 6.07 Å². The number of allylic oxidation sites excluding steroid dienone is 1. The van der Waals surface area contributed by atoms with Crippen LogP contribution in [0.2, 0.25) is 0 Å². The normalized spacial score (nSPS) is 14.7. The van der Waals surface area contributed by atoms with E-state index in [2.05, 4.69) is 45.4 Å². The van der Waals surface area contributed by atoms with Gasteiger partial charge in [0.1, 0.15) is 5.82 Å². The van der Waals surface area contributed by atoms with Crippen molar-refractivity contribution in [3.8, 4) is 0 Å². The highest BCUT2D eigenvalue weighted by Crippen LogP contribution is 2.27. The molecule has 0 aliphatic carbocycles. The Morgan fingerprint density at radius 1 is 1.47 bits per heavy atom. The van der Waals surface area contributed by atoms with Gasteiger partial charge in [-0.1, -0.05) is 44.9 Å². The molecule has 0 aliphatic rings. The fourth-order valence-corrected chi connectivity index (χ4v) is 2.29. The van der Waals surface area contributed by atoms with Crippen LogP contribution in [0.3, 0.4) is 0 Å². The molecule has 0 spiro atoms. The second-order valence-electron chi connectivity index (χ2n) is 3.95. The average Bonchev–Trinajstić information content (AvgIpc) is 2.16. The van der Waals surface area contributed by atoms with E-state index in [9.17, 15) is 4.39 Å². The van der Waals surface area contributed by atoms with E-state index in [-0.39, 0.29) is 11.2 Å². The summed E-state index contributed by atoms with van der Waals surface area (Å²) in [5, 5.41) is 0.817. The van der Waals surface area contributed by atoms with Gasteiger partial charge in [0.25, 0.3) is 0 Å². The fourth-order valence-electron chi connectivity index (χ4n) is 1.35. The maximum Gasteiger partial charge on any atom is 0.124 e. The largest absolute Gasteiger partial charge is 0.207 e. The first-order valence-electron chi connectivity index (χ1n) is 4.63. The van der Waals surface area contributed by atoms with Crippen molar-refractivity contribution in [2.24, 2.45) is 5.41 Å². The van der Waals surface area contributed by atoms with Gasteiger partial charge in [0.2, 0.25) is 0 Å². The van der Waals surface area contributed by atoms with Crippen LogP contribution in [0.15, 0.2) is 35.3 Å². The summed E-state index contributed by atoms with van der Waals surface area (Å²) in [6.45, 7) is 5.90. The Balaban J connectivity index is 2.93. The van der Waals surface area contributed by atoms with Crippen molar-refractivity contribution in [1.29, 1.82) is 0 Å². The highest BCUT2D eigenvalue weighted by Gasteiger charge is 2.19. The minimum atomic E-state index is -0.208. The average molecular weight is 336 g/mol. The van der Waals surface area contributed by atoms with Crippen LogP contribution in [0.1, 0.15) is 12.5 Å². The van der Waals surface area contributed by atoms with Crippen LogP contribution < -0.4 is 0 Å². The molecule has 0 aliphatic heterocycles. The van der Waals surface area contributed by atoms with E-state index in [4.69, 9.17) is 0 Å². The summed E-state index contributed by atoms with van der Waals surface area (Å²) in [5.41, 5.74) is 0.941. The predicted octanol–water partition coefficient (Wildman–Crippen LogP) is 4.72. The van der Waals surface area contributed by atoms with Crippen LogP contribution in [0.4, 0.5) is 4.39 Å². The van der Waals surface area contributed by atoms with Crippen molar-refractivity contribution >= 4 is 31.9 Å². The first-order chi connectivity index (χ1) is 6.99. The third-order valence-electron chi connectivity index (χ3n) is 2.33. The lowest BCUT2D eigenvalue weighted by Gasteiger charge is -2.23. The van der Waals surface area contributed by atoms with Crippen LogP contribution in [-0.4, -0.2) is 5.33 Å². The lowest BCUT2D eigenvalue weighted by Crippen LogP contribution is -2.18. The molecule has 0 saturated carbocycles. The molecule has 0 radical (unpaired) electrons. The van der Waals surface area contributed by atoms with Crippen molar-refractivity contribution in [2.45, 2.75) is 13.3 Å². The maximum absolute atomic E-state index is 13.1. The molecule has 1 atom stereocenters. The van der Waals surface area contributed by atoms with Gasteiger partial charge < -0.3 is 0 Å². The number of alkyl halides is 1. The molecule has 82 valence electrons. The molecule has 1 aromatic carbocycles. The third kappa shape index (κ3) is 3.72. The van der Waals surface area contributed by atoms with Gasteiger partial charge in [-0.25, -0.2) is 4.39 Å². The first kappa shape index (κ1) is 12.9. The maximum atomic E-state index is 13.1. The Morgan fingerprint density at radius 3 is 2.60 bits per heavy atom. The minimum Gasteiger partial charge on any atom is -0.207 e. The van der Waals surface area contributed by atoms with Gasteiger partial charge in [0, 0.05) is 9.80 Å². The van der Waals surface area contributed by atoms with Crippen molar-refractivity contribution in [3.63, 3.8) is 0 Å². The molecule has 0 N–H and O–H groups in total. The van der Waals surface area contributed by atoms with Gasteiger partial charge in [0.05, 0.1) is 0 Å². The molecule has 1 rings (SSSR count). The molecular formula is C12H13Br2F. The van der Waals surface area contributed by atoms with E-state index in [1.807, 2.05) is 12.1 Å². The summed E-state index contributed by atoms with van der Waals surface area (Å²) in [4.78, 5) is 0. The lowest BCUT2D eigenvalue weighted by atomic mass is 9.86. The van der Waals surface area contributed by atoms with Crippen LogP contribution in [0.25, 0.3) is 0 Å². The summed E-state index contributed by atoms with van der Waals surface area (Å²) in [6, 6.07) is 4.96. The zero-order valence-corrected chi connectivity index (χ0v) is 11.7. The van der Waals surface area contributed by atoms with E-state index in [0.29, 0.717) is 0 Å². The number of hydrogen-bond donors (Lipinski definition) is 0. The quantitative estimate of drug-likeness (QED) is 0.551. The van der Waals surface area contributed by atoms with Gasteiger partial charge >= 0.3 is 0 Å². The number of benzene rings is 1. The van der Waals surface area contributed by atoms with Gasteiger partial charge in [-0.2, -0.15) is 0 Å². The van der Waals surface area contributed by atoms with Crippen LogP contribution in [0.5, 0.6) is 0 Å². The zero-order valence-electron chi connectivity index (χ0n) is 8.56. The SMILES string of the molecule is C=CC(C)(CBr)Cc1cc(F)cc(Br)c1. The zero-order chi connectivity index (χ0) is 11.5. The van der Waals surface area contributed by atoms with Gasteiger partial charge in [-0.3, -0.25) is 0 Å². The summed E-state index contributed by atoms with van der Waals surface area (Å²) in [6.07, 6.45) is 2.68. The second kappa shape index (κ2) is 5.26. The third-order valence-corrected chi connectivity index (χ3v) is 4.07. The molecule has 0 heterocycles. The highest BCUT2D eigenvalue weighted by molar-refractivity contribution is 9.10. The summed E-state index contributed by atoms with van der Waals surface area (Å²) in [7, 11) is 0. The molecule has 0 nitrogen and oxygen atoms in total. The van der Waals surface area contributed by atoms with E-state index < -0.39 is 0 Å². The monoisotopic (exact) mass is 334 g/mol. The van der Waals surface area contributed by atoms with E-state index >= 15 is 0 Å². The molecule has 1 aromatic rings. The molecule has 0 saturated heterocycles. The minimum absolute atomic E-state index is 0.0345. The smallest absolute Gasteiger partial charge is 0.124 e. The van der Waals surface area contributed by atoms with Gasteiger partial charge in [-0.05, 0) is 35.6 Å². The Bertz CT molecular complexity index is 342. The number of hydrogen-bond acceptors (Lipinski definition) is 0. The first-order valence-corrected chi connectivity index (χ1v) is 6.55. The van der Waals surface area contributed by atoms with E-state index in [1.54, 1.807) is 6.07 Å². The van der Waals surface area contributed by atoms with Crippen molar-refractivity contribution in [2.75, 3.05) is 5.33 Å². The lowest BCUT2D eigenvalue weighted by molar-refractivity contribution is 0.491. The Kier molecular flexibility index (Phi) is 4.53. The van der Waals surface area contributed by atoms with Crippen LogP contribution in [-0.2, 0) is 6.42 Å². The standard InChI is InChI=1S/C12H13Br2F/c1-3-12(2,8-13)7-9-4-10(14)6-11(15)5-9/h3-6H,1,7-8H2,2H3. The molecule has 0 fully saturated rings. The van der Waals surface area contributed by atoms with Gasteiger partial charge in [-0.15, -0.1) is 6.58 Å². The molecule has 1 unspecified atom stereocenters. The number of halogens is 3. The number of rotatable bonds is 4. The summed E-state index contributed by atoms with van der Waals surface area (Å²) < 4.78 is 13.9. The van der Waals surface area contributed by atoms with Crippen LogP contribution >= 0.6 is 31.9 Å². The van der Waals surface area contributed by atoms with Crippen molar-refractivity contribution < 1.29 is 4.39 Å². The molecule has 0 aromatic heterocycles. The topological polar surface area (TPSA) is 0 Å². The predicted molar refractivity (Wildman–Crippen MR) is 69.9 cm³/mol. The summed E-state index contributed by atoms with van der Waals surface area (Å²) in [5.74, 6) is -0.208. The van der Waals surface area contributed by atoms with Crippen LogP contribution in [0, 0.1) is 11.2 Å².